The van der Waals surface area contributed by atoms with E-state index in [0.29, 0.717) is 12.0 Å². The van der Waals surface area contributed by atoms with Crippen molar-refractivity contribution in [3.05, 3.63) is 36.3 Å². The number of sulfone groups is 1. The molecule has 3 aromatic rings. The number of allylic oxidation sites excluding steroid dienone is 1. The van der Waals surface area contributed by atoms with E-state index in [2.05, 4.69) is 21.5 Å². The minimum atomic E-state index is -4.57. The number of rotatable bonds is 5. The second kappa shape index (κ2) is 7.14. The Morgan fingerprint density at radius 2 is 1.97 bits per heavy atom. The van der Waals surface area contributed by atoms with Gasteiger partial charge in [-0.1, -0.05) is 19.6 Å². The topological polar surface area (TPSA) is 82.7 Å². The molecule has 0 aromatic carbocycles. The van der Waals surface area contributed by atoms with Crippen LogP contribution in [0.2, 0.25) is 0 Å². The summed E-state index contributed by atoms with van der Waals surface area (Å²) < 4.78 is 67.3. The summed E-state index contributed by atoms with van der Waals surface area (Å²) in [6.07, 6.45) is 0.740. The lowest BCUT2D eigenvalue weighted by Crippen LogP contribution is -2.11. The summed E-state index contributed by atoms with van der Waals surface area (Å²) in [6, 6.07) is 0.872. The molecule has 0 spiro atoms. The van der Waals surface area contributed by atoms with Crippen LogP contribution in [0.15, 0.2) is 29.9 Å². The van der Waals surface area contributed by atoms with E-state index in [1.54, 1.807) is 19.1 Å². The van der Waals surface area contributed by atoms with Crippen LogP contribution in [0.1, 0.15) is 25.2 Å². The van der Waals surface area contributed by atoms with Crippen LogP contribution in [0.5, 0.6) is 0 Å². The van der Waals surface area contributed by atoms with Gasteiger partial charge in [0, 0.05) is 19.4 Å². The highest BCUT2D eigenvalue weighted by molar-refractivity contribution is 7.91. The number of imidazole rings is 2. The lowest BCUT2D eigenvalue weighted by Gasteiger charge is -2.07. The van der Waals surface area contributed by atoms with E-state index < -0.39 is 21.6 Å². The van der Waals surface area contributed by atoms with Gasteiger partial charge in [0.1, 0.15) is 17.0 Å². The van der Waals surface area contributed by atoms with E-state index in [9.17, 15) is 21.6 Å². The third-order valence-corrected chi connectivity index (χ3v) is 6.05. The predicted molar refractivity (Wildman–Crippen MR) is 104 cm³/mol. The number of hydrogen-bond donors (Lipinski definition) is 0. The molecule has 7 nitrogen and oxygen atoms in total. The SMILES string of the molecule is C=Cn1c(/C=C\C)nc(-c2nc3cc(C(F)(F)F)cnc3n2C)c1S(=O)(=O)CC. The maximum atomic E-state index is 13.0. The first-order chi connectivity index (χ1) is 13.5. The number of hydrogen-bond acceptors (Lipinski definition) is 5. The van der Waals surface area contributed by atoms with Crippen molar-refractivity contribution in [2.45, 2.75) is 25.0 Å². The lowest BCUT2D eigenvalue weighted by molar-refractivity contribution is -0.137. The lowest BCUT2D eigenvalue weighted by atomic mass is 10.2. The summed E-state index contributed by atoms with van der Waals surface area (Å²) >= 11 is 0. The largest absolute Gasteiger partial charge is 0.417 e. The zero-order chi connectivity index (χ0) is 21.6. The minimum Gasteiger partial charge on any atom is -0.310 e. The maximum Gasteiger partial charge on any atom is 0.417 e. The van der Waals surface area contributed by atoms with Crippen LogP contribution in [0, 0.1) is 0 Å². The Hall–Kier alpha value is -2.95. The first-order valence-corrected chi connectivity index (χ1v) is 10.2. The van der Waals surface area contributed by atoms with E-state index in [0.717, 1.165) is 6.07 Å². The van der Waals surface area contributed by atoms with E-state index in [1.807, 2.05) is 0 Å². The average Bonchev–Trinajstić information content (AvgIpc) is 3.19. The fraction of sp³-hybridized carbons (Fsp3) is 0.278. The molecule has 0 saturated heterocycles. The van der Waals surface area contributed by atoms with Crippen molar-refractivity contribution in [3.8, 4) is 11.5 Å². The van der Waals surface area contributed by atoms with Gasteiger partial charge in [0.15, 0.2) is 26.3 Å². The van der Waals surface area contributed by atoms with E-state index >= 15 is 0 Å². The fourth-order valence-corrected chi connectivity index (χ4v) is 4.07. The maximum absolute atomic E-state index is 13.0. The van der Waals surface area contributed by atoms with Crippen molar-refractivity contribution in [2.75, 3.05) is 5.75 Å². The van der Waals surface area contributed by atoms with Crippen molar-refractivity contribution in [2.24, 2.45) is 7.05 Å². The summed E-state index contributed by atoms with van der Waals surface area (Å²) in [4.78, 5) is 12.4. The molecule has 0 N–H and O–H groups in total. The summed E-state index contributed by atoms with van der Waals surface area (Å²) in [5.41, 5.74) is -0.761. The number of pyridine rings is 1. The third kappa shape index (κ3) is 3.46. The van der Waals surface area contributed by atoms with Crippen LogP contribution < -0.4 is 0 Å². The number of aryl methyl sites for hydroxylation is 1. The normalized spacial score (nSPS) is 12.9. The quantitative estimate of drug-likeness (QED) is 0.621. The Morgan fingerprint density at radius 1 is 1.28 bits per heavy atom. The monoisotopic (exact) mass is 425 g/mol. The Labute approximate surface area is 165 Å². The van der Waals surface area contributed by atoms with Crippen LogP contribution in [0.3, 0.4) is 0 Å². The summed E-state index contributed by atoms with van der Waals surface area (Å²) in [7, 11) is -2.22. The van der Waals surface area contributed by atoms with Crippen molar-refractivity contribution in [3.63, 3.8) is 0 Å². The molecule has 0 amide bonds. The van der Waals surface area contributed by atoms with Crippen LogP contribution >= 0.6 is 0 Å². The zero-order valence-corrected chi connectivity index (χ0v) is 16.7. The summed E-state index contributed by atoms with van der Waals surface area (Å²) in [5.74, 6) is 0.195. The van der Waals surface area contributed by atoms with Crippen molar-refractivity contribution < 1.29 is 21.6 Å². The highest BCUT2D eigenvalue weighted by Gasteiger charge is 2.33. The number of nitrogens with zero attached hydrogens (tertiary/aromatic N) is 5. The minimum absolute atomic E-state index is 0.0158. The van der Waals surface area contributed by atoms with Gasteiger partial charge >= 0.3 is 6.18 Å². The van der Waals surface area contributed by atoms with Crippen LogP contribution in [-0.2, 0) is 23.1 Å². The van der Waals surface area contributed by atoms with Crippen molar-refractivity contribution in [1.29, 1.82) is 0 Å². The van der Waals surface area contributed by atoms with Crippen molar-refractivity contribution in [1.82, 2.24) is 24.1 Å². The molecule has 0 aliphatic carbocycles. The second-order valence-corrected chi connectivity index (χ2v) is 8.33. The predicted octanol–water partition coefficient (Wildman–Crippen LogP) is 3.78. The number of aromatic nitrogens is 5. The first kappa shape index (κ1) is 20.8. The standard InChI is InChI=1S/C18H18F3N5O2S/c1-5-8-13-24-14(17(26(13)6-2)29(27,28)7-3)16-23-12-9-11(18(19,20)21)10-22-15(12)25(16)4/h5-6,8-10H,2,7H2,1,3-4H3/b8-5-. The molecular weight excluding hydrogens is 407 g/mol. The van der Waals surface area contributed by atoms with Gasteiger partial charge < -0.3 is 4.57 Å². The molecule has 0 bridgehead atoms. The van der Waals surface area contributed by atoms with Gasteiger partial charge in [-0.2, -0.15) is 13.2 Å². The number of halogens is 3. The van der Waals surface area contributed by atoms with Gasteiger partial charge in [-0.3, -0.25) is 4.57 Å². The highest BCUT2D eigenvalue weighted by atomic mass is 32.2. The van der Waals surface area contributed by atoms with Gasteiger partial charge in [-0.15, -0.1) is 0 Å². The third-order valence-electron chi connectivity index (χ3n) is 4.32. The molecular formula is C18H18F3N5O2S. The molecule has 0 fully saturated rings. The molecule has 3 rings (SSSR count). The zero-order valence-electron chi connectivity index (χ0n) is 15.9. The summed E-state index contributed by atoms with van der Waals surface area (Å²) in [5, 5.41) is -0.127. The van der Waals surface area contributed by atoms with Gasteiger partial charge in [0.25, 0.3) is 0 Å². The number of alkyl halides is 3. The van der Waals surface area contributed by atoms with Crippen LogP contribution in [0.4, 0.5) is 13.2 Å². The molecule has 0 atom stereocenters. The van der Waals surface area contributed by atoms with Gasteiger partial charge in [-0.25, -0.2) is 23.4 Å². The highest BCUT2D eigenvalue weighted by Crippen LogP contribution is 2.33. The van der Waals surface area contributed by atoms with E-state index in [4.69, 9.17) is 0 Å². The molecule has 0 aliphatic heterocycles. The van der Waals surface area contributed by atoms with Crippen LogP contribution in [-0.4, -0.2) is 38.3 Å². The average molecular weight is 425 g/mol. The van der Waals surface area contributed by atoms with Gasteiger partial charge in [0.2, 0.25) is 0 Å². The Kier molecular flexibility index (Phi) is 5.11. The molecule has 11 heteroatoms. The first-order valence-electron chi connectivity index (χ1n) is 8.55. The molecule has 0 radical (unpaired) electrons. The summed E-state index contributed by atoms with van der Waals surface area (Å²) in [6.45, 7) is 6.88. The second-order valence-electron chi connectivity index (χ2n) is 6.14. The Balaban J connectivity index is 2.37. The molecule has 29 heavy (non-hydrogen) atoms. The molecule has 3 heterocycles. The van der Waals surface area contributed by atoms with Gasteiger partial charge in [-0.05, 0) is 19.1 Å². The molecule has 154 valence electrons. The van der Waals surface area contributed by atoms with E-state index in [-0.39, 0.29) is 33.5 Å². The van der Waals surface area contributed by atoms with E-state index in [1.165, 1.54) is 29.3 Å². The molecule has 0 unspecified atom stereocenters. The smallest absolute Gasteiger partial charge is 0.310 e. The van der Waals surface area contributed by atoms with Gasteiger partial charge in [0.05, 0.1) is 11.3 Å². The molecule has 0 saturated carbocycles. The fourth-order valence-electron chi connectivity index (χ4n) is 2.90. The van der Waals surface area contributed by atoms with Crippen molar-refractivity contribution >= 4 is 33.3 Å². The molecule has 3 aromatic heterocycles. The molecule has 0 aliphatic rings. The van der Waals surface area contributed by atoms with Crippen LogP contribution in [0.25, 0.3) is 35.0 Å². The number of fused-ring (bicyclic) bond motifs is 1. The Bertz CT molecular complexity index is 1240. The Morgan fingerprint density at radius 3 is 2.52 bits per heavy atom.